The second-order valence-corrected chi connectivity index (χ2v) is 7.64. The van der Waals surface area contributed by atoms with Crippen LogP contribution in [0.1, 0.15) is 33.1 Å². The van der Waals surface area contributed by atoms with E-state index in [1.807, 2.05) is 18.7 Å². The Labute approximate surface area is 123 Å². The summed E-state index contributed by atoms with van der Waals surface area (Å²) in [6.45, 7) is 5.77. The number of ether oxygens (including phenoxy) is 2. The van der Waals surface area contributed by atoms with Gasteiger partial charge in [-0.2, -0.15) is 0 Å². The van der Waals surface area contributed by atoms with Gasteiger partial charge in [0.1, 0.15) is 4.33 Å². The first-order valence-electron chi connectivity index (χ1n) is 6.77. The van der Waals surface area contributed by atoms with Crippen LogP contribution in [0.25, 0.3) is 0 Å². The molecular formula is C13H19Cl2NO3. The van der Waals surface area contributed by atoms with Crippen LogP contribution in [0, 0.1) is 5.41 Å². The number of amides is 1. The molecule has 3 aliphatic rings. The molecule has 0 aromatic rings. The molecule has 1 aliphatic carbocycles. The monoisotopic (exact) mass is 307 g/mol. The van der Waals surface area contributed by atoms with Crippen molar-refractivity contribution in [3.8, 4) is 0 Å². The largest absolute Gasteiger partial charge is 0.347 e. The van der Waals surface area contributed by atoms with Gasteiger partial charge < -0.3 is 14.4 Å². The molecule has 3 fully saturated rings. The Kier molecular flexibility index (Phi) is 3.10. The van der Waals surface area contributed by atoms with Gasteiger partial charge in [0.05, 0.1) is 18.1 Å². The van der Waals surface area contributed by atoms with E-state index in [1.54, 1.807) is 0 Å². The van der Waals surface area contributed by atoms with E-state index in [4.69, 9.17) is 32.7 Å². The van der Waals surface area contributed by atoms with E-state index in [1.165, 1.54) is 0 Å². The van der Waals surface area contributed by atoms with E-state index in [9.17, 15) is 4.79 Å². The Morgan fingerprint density at radius 1 is 1.32 bits per heavy atom. The molecule has 0 radical (unpaired) electrons. The van der Waals surface area contributed by atoms with Crippen LogP contribution in [0.3, 0.4) is 0 Å². The number of hydrogen-bond donors (Lipinski definition) is 0. The second kappa shape index (κ2) is 4.23. The van der Waals surface area contributed by atoms with Gasteiger partial charge in [-0.25, -0.2) is 0 Å². The minimum atomic E-state index is -0.895. The third-order valence-electron chi connectivity index (χ3n) is 4.54. The molecule has 0 aromatic heterocycles. The first kappa shape index (κ1) is 13.9. The highest BCUT2D eigenvalue weighted by Crippen LogP contribution is 2.64. The second-order valence-electron chi connectivity index (χ2n) is 6.16. The van der Waals surface area contributed by atoms with Gasteiger partial charge >= 0.3 is 0 Å². The van der Waals surface area contributed by atoms with E-state index >= 15 is 0 Å². The number of piperidine rings is 1. The Morgan fingerprint density at radius 3 is 2.32 bits per heavy atom. The summed E-state index contributed by atoms with van der Waals surface area (Å²) < 4.78 is 10.7. The maximum absolute atomic E-state index is 12.4. The number of carbonyl (C=O) groups excluding carboxylic acids is 1. The lowest BCUT2D eigenvalue weighted by atomic mass is 10.0. The van der Waals surface area contributed by atoms with Crippen LogP contribution in [0.4, 0.5) is 0 Å². The molecule has 19 heavy (non-hydrogen) atoms. The summed E-state index contributed by atoms with van der Waals surface area (Å²) in [7, 11) is 0. The van der Waals surface area contributed by atoms with Crippen molar-refractivity contribution in [2.45, 2.75) is 49.3 Å². The average molecular weight is 308 g/mol. The Balaban J connectivity index is 1.61. The van der Waals surface area contributed by atoms with Crippen LogP contribution in [-0.4, -0.2) is 46.7 Å². The van der Waals surface area contributed by atoms with Gasteiger partial charge in [-0.3, -0.25) is 4.79 Å². The normalized spacial score (nSPS) is 39.6. The summed E-state index contributed by atoms with van der Waals surface area (Å²) in [5, 5.41) is 0. The first-order chi connectivity index (χ1) is 8.78. The first-order valence-corrected chi connectivity index (χ1v) is 7.53. The maximum Gasteiger partial charge on any atom is 0.231 e. The number of nitrogens with zero attached hydrogens (tertiary/aromatic N) is 1. The molecule has 6 heteroatoms. The zero-order chi connectivity index (χ0) is 13.9. The van der Waals surface area contributed by atoms with E-state index in [0.717, 1.165) is 12.8 Å². The lowest BCUT2D eigenvalue weighted by Crippen LogP contribution is -2.49. The van der Waals surface area contributed by atoms with Gasteiger partial charge in [-0.1, -0.05) is 0 Å². The van der Waals surface area contributed by atoms with Crippen LogP contribution in [0.15, 0.2) is 0 Å². The van der Waals surface area contributed by atoms with E-state index in [2.05, 4.69) is 0 Å². The lowest BCUT2D eigenvalue weighted by molar-refractivity contribution is -0.195. The smallest absolute Gasteiger partial charge is 0.231 e. The van der Waals surface area contributed by atoms with Gasteiger partial charge in [-0.15, -0.1) is 23.2 Å². The molecule has 0 bridgehead atoms. The number of likely N-dealkylation sites (tertiary alicyclic amines) is 1. The molecule has 2 saturated heterocycles. The highest BCUT2D eigenvalue weighted by molar-refractivity contribution is 6.53. The average Bonchev–Trinajstić information content (AvgIpc) is 2.67. The van der Waals surface area contributed by atoms with Gasteiger partial charge in [-0.05, 0) is 20.3 Å². The van der Waals surface area contributed by atoms with Crippen molar-refractivity contribution in [1.29, 1.82) is 0 Å². The summed E-state index contributed by atoms with van der Waals surface area (Å²) in [6.07, 6.45) is 2.11. The summed E-state index contributed by atoms with van der Waals surface area (Å²) in [5.74, 6) is -0.418. The molecule has 3 rings (SSSR count). The number of hydrogen-bond acceptors (Lipinski definition) is 3. The van der Waals surface area contributed by atoms with Crippen LogP contribution in [-0.2, 0) is 14.3 Å². The molecular weight excluding hydrogens is 289 g/mol. The third-order valence-corrected chi connectivity index (χ3v) is 5.64. The van der Waals surface area contributed by atoms with Crippen LogP contribution < -0.4 is 0 Å². The molecule has 0 aromatic carbocycles. The van der Waals surface area contributed by atoms with E-state index < -0.39 is 15.5 Å². The molecule has 2 heterocycles. The van der Waals surface area contributed by atoms with E-state index in [-0.39, 0.29) is 12.0 Å². The van der Waals surface area contributed by atoms with Crippen molar-refractivity contribution < 1.29 is 14.3 Å². The van der Waals surface area contributed by atoms with Crippen molar-refractivity contribution in [1.82, 2.24) is 4.90 Å². The number of alkyl halides is 2. The van der Waals surface area contributed by atoms with Crippen molar-refractivity contribution in [2.24, 2.45) is 5.41 Å². The predicted molar refractivity (Wildman–Crippen MR) is 72.2 cm³/mol. The molecule has 0 N–H and O–H groups in total. The van der Waals surface area contributed by atoms with Gasteiger partial charge in [0.25, 0.3) is 0 Å². The maximum atomic E-state index is 12.4. The standard InChI is InChI=1S/C13H19Cl2NO3/c1-9-7-18-12(19-9)3-5-16(6-4-12)10(17)11(2)8-13(11,14)15/h9H,3-8H2,1-2H3/t9-,11+/m1/s1. The third kappa shape index (κ3) is 2.17. The Morgan fingerprint density at radius 2 is 1.89 bits per heavy atom. The predicted octanol–water partition coefficient (Wildman–Crippen LogP) is 2.32. The molecule has 0 unspecified atom stereocenters. The molecule has 2 aliphatic heterocycles. The fraction of sp³-hybridized carbons (Fsp3) is 0.923. The Hall–Kier alpha value is -0.0300. The van der Waals surface area contributed by atoms with Gasteiger partial charge in [0, 0.05) is 25.9 Å². The van der Waals surface area contributed by atoms with Crippen molar-refractivity contribution in [2.75, 3.05) is 19.7 Å². The summed E-state index contributed by atoms with van der Waals surface area (Å²) in [6, 6.07) is 0. The van der Waals surface area contributed by atoms with Gasteiger partial charge in [0.15, 0.2) is 5.79 Å². The summed E-state index contributed by atoms with van der Waals surface area (Å²) in [5.41, 5.74) is -0.620. The van der Waals surface area contributed by atoms with Crippen LogP contribution in [0.5, 0.6) is 0 Å². The van der Waals surface area contributed by atoms with E-state index in [0.29, 0.717) is 26.1 Å². The van der Waals surface area contributed by atoms with Crippen molar-refractivity contribution >= 4 is 29.1 Å². The van der Waals surface area contributed by atoms with Crippen LogP contribution >= 0.6 is 23.2 Å². The lowest BCUT2D eigenvalue weighted by Gasteiger charge is -2.39. The summed E-state index contributed by atoms with van der Waals surface area (Å²) >= 11 is 12.1. The number of carbonyl (C=O) groups is 1. The van der Waals surface area contributed by atoms with Crippen molar-refractivity contribution in [3.63, 3.8) is 0 Å². The molecule has 4 nitrogen and oxygen atoms in total. The SMILES string of the molecule is C[C@@H]1COC2(CCN(C(=O)[C@]3(C)CC3(Cl)Cl)CC2)O1. The number of rotatable bonds is 1. The molecule has 1 spiro atoms. The van der Waals surface area contributed by atoms with Crippen molar-refractivity contribution in [3.05, 3.63) is 0 Å². The summed E-state index contributed by atoms with van der Waals surface area (Å²) in [4.78, 5) is 14.3. The van der Waals surface area contributed by atoms with Crippen LogP contribution in [0.2, 0.25) is 0 Å². The quantitative estimate of drug-likeness (QED) is 0.698. The Bertz CT molecular complexity index is 407. The highest BCUT2D eigenvalue weighted by Gasteiger charge is 2.69. The highest BCUT2D eigenvalue weighted by atomic mass is 35.5. The van der Waals surface area contributed by atoms with Gasteiger partial charge in [0.2, 0.25) is 5.91 Å². The topological polar surface area (TPSA) is 38.8 Å². The number of halogens is 2. The fourth-order valence-electron chi connectivity index (χ4n) is 3.00. The molecule has 2 atom stereocenters. The molecule has 1 amide bonds. The molecule has 1 saturated carbocycles. The fourth-order valence-corrected chi connectivity index (χ4v) is 3.69. The zero-order valence-corrected chi connectivity index (χ0v) is 12.8. The minimum absolute atomic E-state index is 0.0541. The minimum Gasteiger partial charge on any atom is -0.347 e. The zero-order valence-electron chi connectivity index (χ0n) is 11.2. The molecule has 108 valence electrons.